The summed E-state index contributed by atoms with van der Waals surface area (Å²) in [6.07, 6.45) is 0.391. The predicted molar refractivity (Wildman–Crippen MR) is 60.0 cm³/mol. The third-order valence-corrected chi connectivity index (χ3v) is 2.55. The van der Waals surface area contributed by atoms with Gasteiger partial charge < -0.3 is 10.1 Å². The molecule has 0 saturated carbocycles. The lowest BCUT2D eigenvalue weighted by Gasteiger charge is -2.15. The molecule has 15 heavy (non-hydrogen) atoms. The normalized spacial score (nSPS) is 11.9. The van der Waals surface area contributed by atoms with Gasteiger partial charge in [0.05, 0.1) is 19.6 Å². The van der Waals surface area contributed by atoms with Crippen LogP contribution in [0.4, 0.5) is 0 Å². The first-order valence-electron chi connectivity index (χ1n) is 4.60. The van der Waals surface area contributed by atoms with Crippen LogP contribution in [0.3, 0.4) is 0 Å². The molecule has 1 atom stereocenters. The van der Waals surface area contributed by atoms with Crippen LogP contribution in [0.2, 0.25) is 5.02 Å². The van der Waals surface area contributed by atoms with Crippen molar-refractivity contribution in [3.05, 3.63) is 28.8 Å². The number of halogens is 1. The Labute approximate surface area is 94.6 Å². The van der Waals surface area contributed by atoms with Crippen molar-refractivity contribution in [2.45, 2.75) is 12.5 Å². The molecule has 0 spiro atoms. The van der Waals surface area contributed by atoms with Crippen molar-refractivity contribution in [2.24, 2.45) is 0 Å². The van der Waals surface area contributed by atoms with Gasteiger partial charge in [0.2, 0.25) is 0 Å². The molecule has 1 unspecified atom stereocenters. The van der Waals surface area contributed by atoms with Crippen LogP contribution < -0.4 is 10.1 Å². The zero-order valence-electron chi connectivity index (χ0n) is 8.75. The molecule has 0 aliphatic rings. The van der Waals surface area contributed by atoms with Crippen LogP contribution in [0.25, 0.3) is 0 Å². The maximum atomic E-state index is 8.66. The number of hydrogen-bond acceptors (Lipinski definition) is 3. The molecule has 4 heteroatoms. The fourth-order valence-corrected chi connectivity index (χ4v) is 1.68. The van der Waals surface area contributed by atoms with Crippen LogP contribution in [-0.2, 0) is 0 Å². The Morgan fingerprint density at radius 2 is 2.33 bits per heavy atom. The molecule has 0 bridgehead atoms. The van der Waals surface area contributed by atoms with Gasteiger partial charge in [0.25, 0.3) is 0 Å². The fourth-order valence-electron chi connectivity index (χ4n) is 1.38. The molecular formula is C11H13ClN2O. The molecule has 3 nitrogen and oxygen atoms in total. The number of nitrogens with one attached hydrogen (secondary N) is 1. The van der Waals surface area contributed by atoms with Crippen molar-refractivity contribution in [3.8, 4) is 11.8 Å². The van der Waals surface area contributed by atoms with Crippen molar-refractivity contribution in [1.29, 1.82) is 5.26 Å². The van der Waals surface area contributed by atoms with Gasteiger partial charge in [-0.25, -0.2) is 0 Å². The SMILES string of the molecule is CNC(CC#N)c1ccc(OC)cc1Cl. The summed E-state index contributed by atoms with van der Waals surface area (Å²) in [6, 6.07) is 7.55. The summed E-state index contributed by atoms with van der Waals surface area (Å²) >= 11 is 6.09. The fraction of sp³-hybridized carbons (Fsp3) is 0.364. The smallest absolute Gasteiger partial charge is 0.120 e. The Hall–Kier alpha value is -1.24. The summed E-state index contributed by atoms with van der Waals surface area (Å²) in [5.41, 5.74) is 0.918. The average molecular weight is 225 g/mol. The van der Waals surface area contributed by atoms with Crippen molar-refractivity contribution < 1.29 is 4.74 Å². The lowest BCUT2D eigenvalue weighted by Crippen LogP contribution is -2.16. The highest BCUT2D eigenvalue weighted by Crippen LogP contribution is 2.28. The molecule has 1 aromatic rings. The number of benzene rings is 1. The number of ether oxygens (including phenoxy) is 1. The summed E-state index contributed by atoms with van der Waals surface area (Å²) in [5, 5.41) is 12.3. The standard InChI is InChI=1S/C11H13ClN2O/c1-14-11(5-6-13)9-4-3-8(15-2)7-10(9)12/h3-4,7,11,14H,5H2,1-2H3. The van der Waals surface area contributed by atoms with Crippen LogP contribution in [-0.4, -0.2) is 14.2 Å². The first kappa shape index (κ1) is 11.8. The predicted octanol–water partition coefficient (Wildman–Crippen LogP) is 2.52. The summed E-state index contributed by atoms with van der Waals surface area (Å²) < 4.78 is 5.05. The van der Waals surface area contributed by atoms with Crippen molar-refractivity contribution >= 4 is 11.6 Å². The van der Waals surface area contributed by atoms with Crippen molar-refractivity contribution in [3.63, 3.8) is 0 Å². The molecule has 1 aromatic carbocycles. The molecule has 0 aromatic heterocycles. The van der Waals surface area contributed by atoms with Gasteiger partial charge in [-0.2, -0.15) is 5.26 Å². The first-order chi connectivity index (χ1) is 7.22. The van der Waals surface area contributed by atoms with Gasteiger partial charge in [0.1, 0.15) is 5.75 Å². The monoisotopic (exact) mass is 224 g/mol. The van der Waals surface area contributed by atoms with Gasteiger partial charge in [-0.05, 0) is 24.7 Å². The lowest BCUT2D eigenvalue weighted by molar-refractivity contribution is 0.414. The molecule has 0 amide bonds. The zero-order chi connectivity index (χ0) is 11.3. The highest BCUT2D eigenvalue weighted by atomic mass is 35.5. The van der Waals surface area contributed by atoms with Crippen LogP contribution >= 0.6 is 11.6 Å². The van der Waals surface area contributed by atoms with Gasteiger partial charge in [0, 0.05) is 11.1 Å². The highest BCUT2D eigenvalue weighted by Gasteiger charge is 2.12. The second-order valence-corrected chi connectivity index (χ2v) is 3.50. The van der Waals surface area contributed by atoms with E-state index in [2.05, 4.69) is 11.4 Å². The maximum absolute atomic E-state index is 8.66. The highest BCUT2D eigenvalue weighted by molar-refractivity contribution is 6.31. The molecule has 0 heterocycles. The molecular weight excluding hydrogens is 212 g/mol. The van der Waals surface area contributed by atoms with E-state index in [9.17, 15) is 0 Å². The Morgan fingerprint density at radius 3 is 2.80 bits per heavy atom. The zero-order valence-corrected chi connectivity index (χ0v) is 9.51. The minimum absolute atomic E-state index is 0.0339. The molecule has 80 valence electrons. The third kappa shape index (κ3) is 2.85. The maximum Gasteiger partial charge on any atom is 0.120 e. The Bertz CT molecular complexity index is 373. The molecule has 0 aliphatic carbocycles. The topological polar surface area (TPSA) is 45.0 Å². The first-order valence-corrected chi connectivity index (χ1v) is 4.98. The Morgan fingerprint density at radius 1 is 1.60 bits per heavy atom. The van der Waals surface area contributed by atoms with Crippen LogP contribution in [0.15, 0.2) is 18.2 Å². The lowest BCUT2D eigenvalue weighted by atomic mass is 10.0. The van der Waals surface area contributed by atoms with Gasteiger partial charge in [-0.1, -0.05) is 17.7 Å². The number of nitrogens with zero attached hydrogens (tertiary/aromatic N) is 1. The van der Waals surface area contributed by atoms with Gasteiger partial charge >= 0.3 is 0 Å². The molecule has 0 fully saturated rings. The van der Waals surface area contributed by atoms with E-state index in [1.165, 1.54) is 0 Å². The summed E-state index contributed by atoms with van der Waals surface area (Å²) in [5.74, 6) is 0.718. The van der Waals surface area contributed by atoms with E-state index in [0.717, 1.165) is 11.3 Å². The van der Waals surface area contributed by atoms with Crippen LogP contribution in [0.5, 0.6) is 5.75 Å². The van der Waals surface area contributed by atoms with E-state index in [0.29, 0.717) is 11.4 Å². The van der Waals surface area contributed by atoms with E-state index in [1.54, 1.807) is 13.2 Å². The molecule has 0 radical (unpaired) electrons. The largest absolute Gasteiger partial charge is 0.497 e. The Balaban J connectivity index is 2.98. The third-order valence-electron chi connectivity index (χ3n) is 2.23. The van der Waals surface area contributed by atoms with Crippen LogP contribution in [0.1, 0.15) is 18.0 Å². The van der Waals surface area contributed by atoms with E-state index >= 15 is 0 Å². The second-order valence-electron chi connectivity index (χ2n) is 3.09. The number of methoxy groups -OCH3 is 1. The molecule has 0 saturated heterocycles. The Kier molecular flexibility index (Phi) is 4.41. The van der Waals surface area contributed by atoms with E-state index in [1.807, 2.05) is 19.2 Å². The molecule has 0 aliphatic heterocycles. The van der Waals surface area contributed by atoms with Crippen molar-refractivity contribution in [2.75, 3.05) is 14.2 Å². The van der Waals surface area contributed by atoms with Gasteiger partial charge in [-0.3, -0.25) is 0 Å². The van der Waals surface area contributed by atoms with Crippen molar-refractivity contribution in [1.82, 2.24) is 5.32 Å². The minimum atomic E-state index is -0.0339. The van der Waals surface area contributed by atoms with E-state index in [4.69, 9.17) is 21.6 Å². The summed E-state index contributed by atoms with van der Waals surface area (Å²) in [6.45, 7) is 0. The van der Waals surface area contributed by atoms with Gasteiger partial charge in [-0.15, -0.1) is 0 Å². The van der Waals surface area contributed by atoms with E-state index in [-0.39, 0.29) is 6.04 Å². The number of hydrogen-bond donors (Lipinski definition) is 1. The number of nitriles is 1. The molecule has 1 N–H and O–H groups in total. The molecule has 1 rings (SSSR count). The minimum Gasteiger partial charge on any atom is -0.497 e. The second kappa shape index (κ2) is 5.59. The van der Waals surface area contributed by atoms with E-state index < -0.39 is 0 Å². The van der Waals surface area contributed by atoms with Crippen LogP contribution in [0, 0.1) is 11.3 Å². The summed E-state index contributed by atoms with van der Waals surface area (Å²) in [4.78, 5) is 0. The quantitative estimate of drug-likeness (QED) is 0.855. The van der Waals surface area contributed by atoms with Gasteiger partial charge in [0.15, 0.2) is 0 Å². The average Bonchev–Trinajstić information content (AvgIpc) is 2.26. The number of rotatable bonds is 4. The summed E-state index contributed by atoms with van der Waals surface area (Å²) in [7, 11) is 3.40.